The van der Waals surface area contributed by atoms with Gasteiger partial charge in [-0.25, -0.2) is 0 Å². The molecular weight excluding hydrogens is 264 g/mol. The minimum Gasteiger partial charge on any atom is -0.342 e. The van der Waals surface area contributed by atoms with Crippen LogP contribution in [0.2, 0.25) is 0 Å². The van der Waals surface area contributed by atoms with E-state index in [1.807, 2.05) is 11.8 Å². The van der Waals surface area contributed by atoms with E-state index in [1.165, 1.54) is 6.42 Å². The molecule has 0 aromatic heterocycles. The highest BCUT2D eigenvalue weighted by atomic mass is 16.2. The van der Waals surface area contributed by atoms with Gasteiger partial charge >= 0.3 is 0 Å². The molecule has 0 aromatic carbocycles. The molecular formula is C17H30N2O2. The summed E-state index contributed by atoms with van der Waals surface area (Å²) in [5.74, 6) is 0.738. The normalized spacial score (nSPS) is 25.5. The second-order valence-electron chi connectivity index (χ2n) is 6.66. The van der Waals surface area contributed by atoms with Gasteiger partial charge in [0.25, 0.3) is 0 Å². The largest absolute Gasteiger partial charge is 0.342 e. The molecule has 0 radical (unpaired) electrons. The van der Waals surface area contributed by atoms with Crippen molar-refractivity contribution < 1.29 is 9.59 Å². The van der Waals surface area contributed by atoms with E-state index in [2.05, 4.69) is 19.2 Å². The highest BCUT2D eigenvalue weighted by molar-refractivity contribution is 5.99. The highest BCUT2D eigenvalue weighted by Crippen LogP contribution is 2.37. The predicted octanol–water partition coefficient (Wildman–Crippen LogP) is 2.86. The van der Waals surface area contributed by atoms with Crippen molar-refractivity contribution in [2.45, 2.75) is 83.7 Å². The van der Waals surface area contributed by atoms with Crippen LogP contribution in [0.3, 0.4) is 0 Å². The van der Waals surface area contributed by atoms with Crippen molar-refractivity contribution in [3.05, 3.63) is 0 Å². The van der Waals surface area contributed by atoms with Crippen LogP contribution in [0.5, 0.6) is 0 Å². The Balaban J connectivity index is 2.29. The summed E-state index contributed by atoms with van der Waals surface area (Å²) < 4.78 is 0. The molecule has 1 atom stereocenters. The van der Waals surface area contributed by atoms with Crippen molar-refractivity contribution in [1.82, 2.24) is 10.2 Å². The topological polar surface area (TPSA) is 49.4 Å². The first kappa shape index (κ1) is 16.3. The van der Waals surface area contributed by atoms with E-state index >= 15 is 0 Å². The van der Waals surface area contributed by atoms with Gasteiger partial charge in [-0.05, 0) is 25.2 Å². The molecule has 1 unspecified atom stereocenters. The van der Waals surface area contributed by atoms with Crippen LogP contribution in [0.15, 0.2) is 0 Å². The zero-order valence-electron chi connectivity index (χ0n) is 13.8. The van der Waals surface area contributed by atoms with Crippen molar-refractivity contribution in [2.75, 3.05) is 6.54 Å². The summed E-state index contributed by atoms with van der Waals surface area (Å²) in [6.45, 7) is 7.06. The Morgan fingerprint density at radius 1 is 1.14 bits per heavy atom. The molecule has 1 spiro atoms. The first-order valence-electron chi connectivity index (χ1n) is 8.71. The quantitative estimate of drug-likeness (QED) is 0.847. The first-order chi connectivity index (χ1) is 10.1. The van der Waals surface area contributed by atoms with E-state index in [9.17, 15) is 9.59 Å². The Morgan fingerprint density at radius 2 is 1.76 bits per heavy atom. The molecule has 2 fully saturated rings. The fraction of sp³-hybridized carbons (Fsp3) is 0.882. The van der Waals surface area contributed by atoms with Gasteiger partial charge in [0.2, 0.25) is 11.8 Å². The fourth-order valence-electron chi connectivity index (χ4n) is 3.86. The summed E-state index contributed by atoms with van der Waals surface area (Å²) in [6, 6.07) is -0.320. The van der Waals surface area contributed by atoms with Crippen molar-refractivity contribution >= 4 is 11.8 Å². The lowest BCUT2D eigenvalue weighted by molar-refractivity contribution is -0.161. The maximum absolute atomic E-state index is 12.9. The van der Waals surface area contributed by atoms with Crippen LogP contribution in [0.1, 0.15) is 72.1 Å². The molecule has 1 heterocycles. The van der Waals surface area contributed by atoms with Crippen LogP contribution >= 0.6 is 0 Å². The molecule has 2 rings (SSSR count). The van der Waals surface area contributed by atoms with Gasteiger partial charge in [0.15, 0.2) is 0 Å². The average Bonchev–Trinajstić information content (AvgIpc) is 2.52. The number of piperazine rings is 1. The molecule has 2 amide bonds. The number of hydrogen-bond acceptors (Lipinski definition) is 2. The number of carbonyl (C=O) groups is 2. The summed E-state index contributed by atoms with van der Waals surface area (Å²) in [7, 11) is 0. The number of carbonyl (C=O) groups excluding carboxylic acids is 2. The highest BCUT2D eigenvalue weighted by Gasteiger charge is 2.52. The van der Waals surface area contributed by atoms with Crippen LogP contribution in [0.4, 0.5) is 0 Å². The summed E-state index contributed by atoms with van der Waals surface area (Å²) >= 11 is 0. The van der Waals surface area contributed by atoms with Crippen molar-refractivity contribution in [3.8, 4) is 0 Å². The second-order valence-corrected chi connectivity index (χ2v) is 6.66. The third-order valence-electron chi connectivity index (χ3n) is 5.49. The van der Waals surface area contributed by atoms with Gasteiger partial charge in [-0.3, -0.25) is 9.59 Å². The molecule has 4 heteroatoms. The lowest BCUT2D eigenvalue weighted by atomic mass is 9.76. The number of amides is 2. The molecule has 1 aliphatic carbocycles. The summed E-state index contributed by atoms with van der Waals surface area (Å²) in [5.41, 5.74) is -0.552. The van der Waals surface area contributed by atoms with Gasteiger partial charge < -0.3 is 10.2 Å². The lowest BCUT2D eigenvalue weighted by Crippen LogP contribution is -2.71. The minimum atomic E-state index is -0.552. The third-order valence-corrected chi connectivity index (χ3v) is 5.49. The van der Waals surface area contributed by atoms with Crippen LogP contribution in [-0.2, 0) is 9.59 Å². The van der Waals surface area contributed by atoms with Gasteiger partial charge in [0.1, 0.15) is 11.6 Å². The Bertz CT molecular complexity index is 384. The standard InChI is InChI=1S/C17H30N2O2/c1-4-13(5-2)12-19-15(20)14(6-3)18-16(21)17(19)10-8-7-9-11-17/h13-14H,4-12H2,1-3H3,(H,18,21). The maximum Gasteiger partial charge on any atom is 0.246 e. The monoisotopic (exact) mass is 294 g/mol. The zero-order chi connectivity index (χ0) is 15.5. The van der Waals surface area contributed by atoms with E-state index < -0.39 is 5.54 Å². The Morgan fingerprint density at radius 3 is 2.29 bits per heavy atom. The van der Waals surface area contributed by atoms with Crippen LogP contribution in [0.25, 0.3) is 0 Å². The molecule has 1 saturated heterocycles. The zero-order valence-corrected chi connectivity index (χ0v) is 13.8. The third kappa shape index (κ3) is 2.95. The number of nitrogens with zero attached hydrogens (tertiary/aromatic N) is 1. The van der Waals surface area contributed by atoms with Crippen molar-refractivity contribution in [2.24, 2.45) is 5.92 Å². The molecule has 1 saturated carbocycles. The molecule has 0 bridgehead atoms. The molecule has 21 heavy (non-hydrogen) atoms. The van der Waals surface area contributed by atoms with Crippen molar-refractivity contribution in [3.63, 3.8) is 0 Å². The van der Waals surface area contributed by atoms with Gasteiger partial charge in [-0.15, -0.1) is 0 Å². The molecule has 1 aliphatic heterocycles. The lowest BCUT2D eigenvalue weighted by Gasteiger charge is -2.51. The number of hydrogen-bond donors (Lipinski definition) is 1. The minimum absolute atomic E-state index is 0.0969. The van der Waals surface area contributed by atoms with Gasteiger partial charge in [-0.2, -0.15) is 0 Å². The second kappa shape index (κ2) is 6.80. The van der Waals surface area contributed by atoms with E-state index in [1.54, 1.807) is 0 Å². The molecule has 2 aliphatic rings. The Hall–Kier alpha value is -1.06. The molecule has 1 N–H and O–H groups in total. The first-order valence-corrected chi connectivity index (χ1v) is 8.71. The smallest absolute Gasteiger partial charge is 0.246 e. The Labute approximate surface area is 128 Å². The summed E-state index contributed by atoms with van der Waals surface area (Å²) in [4.78, 5) is 27.6. The molecule has 120 valence electrons. The van der Waals surface area contributed by atoms with Gasteiger partial charge in [0.05, 0.1) is 0 Å². The SMILES string of the molecule is CCC(CC)CN1C(=O)C(CC)NC(=O)C12CCCCC2. The van der Waals surface area contributed by atoms with Crippen LogP contribution in [-0.4, -0.2) is 34.8 Å². The van der Waals surface area contributed by atoms with Crippen LogP contribution in [0, 0.1) is 5.92 Å². The predicted molar refractivity (Wildman–Crippen MR) is 83.8 cm³/mol. The maximum atomic E-state index is 12.9. The van der Waals surface area contributed by atoms with E-state index in [0.717, 1.165) is 45.1 Å². The van der Waals surface area contributed by atoms with E-state index in [-0.39, 0.29) is 17.9 Å². The molecule has 4 nitrogen and oxygen atoms in total. The average molecular weight is 294 g/mol. The van der Waals surface area contributed by atoms with Crippen molar-refractivity contribution in [1.29, 1.82) is 0 Å². The number of nitrogens with one attached hydrogen (secondary N) is 1. The summed E-state index contributed by atoms with van der Waals surface area (Å²) in [5, 5.41) is 2.99. The van der Waals surface area contributed by atoms with Crippen LogP contribution < -0.4 is 5.32 Å². The Kier molecular flexibility index (Phi) is 5.28. The number of rotatable bonds is 5. The summed E-state index contributed by atoms with van der Waals surface area (Å²) in [6.07, 6.45) is 7.76. The fourth-order valence-corrected chi connectivity index (χ4v) is 3.86. The van der Waals surface area contributed by atoms with Gasteiger partial charge in [-0.1, -0.05) is 52.9 Å². The molecule has 0 aromatic rings. The van der Waals surface area contributed by atoms with E-state index in [0.29, 0.717) is 12.3 Å². The van der Waals surface area contributed by atoms with Gasteiger partial charge in [0, 0.05) is 6.54 Å². The van der Waals surface area contributed by atoms with E-state index in [4.69, 9.17) is 0 Å².